The lowest BCUT2D eigenvalue weighted by atomic mass is 10.2. The van der Waals surface area contributed by atoms with E-state index in [0.717, 1.165) is 15.7 Å². The number of pyridine rings is 1. The molecule has 2 N–H and O–H groups in total. The van der Waals surface area contributed by atoms with Gasteiger partial charge in [0.2, 0.25) is 0 Å². The van der Waals surface area contributed by atoms with Crippen LogP contribution in [-0.4, -0.2) is 4.98 Å². The molecule has 0 saturated heterocycles. The maximum absolute atomic E-state index is 6.08. The molecule has 0 spiro atoms. The largest absolute Gasteiger partial charge is 0.487 e. The molecule has 1 aromatic carbocycles. The number of hydrogen-bond donors (Lipinski definition) is 1. The van der Waals surface area contributed by atoms with Crippen LogP contribution in [0, 0.1) is 0 Å². The summed E-state index contributed by atoms with van der Waals surface area (Å²) in [5.41, 5.74) is 7.34. The summed E-state index contributed by atoms with van der Waals surface area (Å²) in [6, 6.07) is 7.15. The van der Waals surface area contributed by atoms with E-state index in [1.165, 1.54) is 0 Å². The molecule has 2 rings (SSSR count). The fourth-order valence-corrected chi connectivity index (χ4v) is 2.35. The Labute approximate surface area is 129 Å². The number of hydrogen-bond acceptors (Lipinski definition) is 3. The fourth-order valence-electron chi connectivity index (χ4n) is 1.51. The van der Waals surface area contributed by atoms with E-state index in [2.05, 4.69) is 20.9 Å². The predicted molar refractivity (Wildman–Crippen MR) is 80.6 cm³/mol. The molecule has 1 heterocycles. The zero-order valence-corrected chi connectivity index (χ0v) is 13.0. The van der Waals surface area contributed by atoms with Crippen LogP contribution in [-0.2, 0) is 13.2 Å². The van der Waals surface area contributed by atoms with Gasteiger partial charge in [-0.1, -0.05) is 23.2 Å². The summed E-state index contributed by atoms with van der Waals surface area (Å²) in [6.07, 6.45) is 1.71. The van der Waals surface area contributed by atoms with Gasteiger partial charge in [0, 0.05) is 23.3 Å². The minimum absolute atomic E-state index is 0.382. The van der Waals surface area contributed by atoms with Crippen LogP contribution >= 0.6 is 39.1 Å². The molecule has 1 aromatic heterocycles. The average molecular weight is 362 g/mol. The summed E-state index contributed by atoms with van der Waals surface area (Å²) in [5.74, 6) is 0.543. The minimum Gasteiger partial charge on any atom is -0.487 e. The molecule has 0 atom stereocenters. The molecule has 0 unspecified atom stereocenters. The van der Waals surface area contributed by atoms with Gasteiger partial charge in [-0.05, 0) is 39.7 Å². The van der Waals surface area contributed by atoms with E-state index in [1.807, 2.05) is 12.1 Å². The molecular weight excluding hydrogens is 351 g/mol. The van der Waals surface area contributed by atoms with E-state index in [1.54, 1.807) is 18.3 Å². The van der Waals surface area contributed by atoms with Gasteiger partial charge in [-0.25, -0.2) is 0 Å². The van der Waals surface area contributed by atoms with E-state index in [9.17, 15) is 0 Å². The monoisotopic (exact) mass is 360 g/mol. The van der Waals surface area contributed by atoms with Gasteiger partial charge in [0.05, 0.1) is 15.7 Å². The van der Waals surface area contributed by atoms with E-state index in [0.29, 0.717) is 28.9 Å². The number of nitrogens with two attached hydrogens (primary N) is 1. The van der Waals surface area contributed by atoms with Crippen LogP contribution in [0.25, 0.3) is 0 Å². The maximum Gasteiger partial charge on any atom is 0.139 e. The molecule has 0 amide bonds. The third-order valence-corrected chi connectivity index (χ3v) is 3.95. The predicted octanol–water partition coefficient (Wildman–Crippen LogP) is 4.19. The van der Waals surface area contributed by atoms with Gasteiger partial charge >= 0.3 is 0 Å². The first-order valence-electron chi connectivity index (χ1n) is 5.51. The lowest BCUT2D eigenvalue weighted by Gasteiger charge is -2.10. The minimum atomic E-state index is 0.382. The number of aromatic nitrogens is 1. The van der Waals surface area contributed by atoms with Crippen molar-refractivity contribution < 1.29 is 4.74 Å². The molecule has 2 aromatic rings. The SMILES string of the molecule is NCc1cc(COc2cc(Cl)c(Br)cc2Cl)ccn1. The van der Waals surface area contributed by atoms with Crippen LogP contribution < -0.4 is 10.5 Å². The van der Waals surface area contributed by atoms with E-state index < -0.39 is 0 Å². The lowest BCUT2D eigenvalue weighted by molar-refractivity contribution is 0.306. The van der Waals surface area contributed by atoms with Crippen molar-refractivity contribution >= 4 is 39.1 Å². The summed E-state index contributed by atoms with van der Waals surface area (Å²) in [5, 5.41) is 1.06. The first-order valence-corrected chi connectivity index (χ1v) is 7.06. The number of nitrogens with zero attached hydrogens (tertiary/aromatic N) is 1. The van der Waals surface area contributed by atoms with Gasteiger partial charge in [-0.2, -0.15) is 0 Å². The highest BCUT2D eigenvalue weighted by molar-refractivity contribution is 9.10. The van der Waals surface area contributed by atoms with Crippen LogP contribution in [0.2, 0.25) is 10.0 Å². The molecule has 100 valence electrons. The number of benzene rings is 1. The number of rotatable bonds is 4. The van der Waals surface area contributed by atoms with Crippen LogP contribution in [0.4, 0.5) is 0 Å². The van der Waals surface area contributed by atoms with Crippen molar-refractivity contribution in [3.63, 3.8) is 0 Å². The van der Waals surface area contributed by atoms with Gasteiger partial charge in [0.25, 0.3) is 0 Å². The second kappa shape index (κ2) is 6.57. The molecule has 19 heavy (non-hydrogen) atoms. The van der Waals surface area contributed by atoms with E-state index >= 15 is 0 Å². The highest BCUT2D eigenvalue weighted by Gasteiger charge is 2.07. The molecule has 0 aliphatic rings. The second-order valence-corrected chi connectivity index (χ2v) is 5.51. The maximum atomic E-state index is 6.08. The molecular formula is C13H11BrCl2N2O. The van der Waals surface area contributed by atoms with Crippen LogP contribution in [0.3, 0.4) is 0 Å². The first-order chi connectivity index (χ1) is 9.10. The molecule has 0 aliphatic carbocycles. The molecule has 6 heteroatoms. The lowest BCUT2D eigenvalue weighted by Crippen LogP contribution is -2.02. The number of ether oxygens (including phenoxy) is 1. The third kappa shape index (κ3) is 3.83. The van der Waals surface area contributed by atoms with Crippen molar-refractivity contribution in [3.05, 3.63) is 56.2 Å². The second-order valence-electron chi connectivity index (χ2n) is 3.84. The number of halogens is 3. The molecule has 3 nitrogen and oxygen atoms in total. The van der Waals surface area contributed by atoms with Gasteiger partial charge in [-0.15, -0.1) is 0 Å². The zero-order chi connectivity index (χ0) is 13.8. The van der Waals surface area contributed by atoms with Gasteiger partial charge in [-0.3, -0.25) is 4.98 Å². The van der Waals surface area contributed by atoms with Crippen molar-refractivity contribution in [2.24, 2.45) is 5.73 Å². The normalized spacial score (nSPS) is 10.5. The Morgan fingerprint density at radius 1 is 1.21 bits per heavy atom. The van der Waals surface area contributed by atoms with Crippen molar-refractivity contribution in [2.75, 3.05) is 0 Å². The van der Waals surface area contributed by atoms with Crippen molar-refractivity contribution in [2.45, 2.75) is 13.2 Å². The van der Waals surface area contributed by atoms with Gasteiger partial charge < -0.3 is 10.5 Å². The topological polar surface area (TPSA) is 48.1 Å². The average Bonchev–Trinajstić information content (AvgIpc) is 2.41. The van der Waals surface area contributed by atoms with Crippen molar-refractivity contribution in [1.82, 2.24) is 4.98 Å². The summed E-state index contributed by atoms with van der Waals surface area (Å²) in [4.78, 5) is 4.12. The Balaban J connectivity index is 2.12. The van der Waals surface area contributed by atoms with Crippen LogP contribution in [0.15, 0.2) is 34.9 Å². The quantitative estimate of drug-likeness (QED) is 0.830. The molecule has 0 bridgehead atoms. The Morgan fingerprint density at radius 2 is 2.00 bits per heavy atom. The van der Waals surface area contributed by atoms with Crippen molar-refractivity contribution in [3.8, 4) is 5.75 Å². The Bertz CT molecular complexity index is 593. The standard InChI is InChI=1S/C13H11BrCl2N2O/c14-10-4-12(16)13(5-11(10)15)19-7-8-1-2-18-9(3-8)6-17/h1-5H,6-7,17H2. The summed E-state index contributed by atoms with van der Waals surface area (Å²) >= 11 is 15.4. The molecule has 0 saturated carbocycles. The van der Waals surface area contributed by atoms with Gasteiger partial charge in [0.15, 0.2) is 0 Å². The molecule has 0 aliphatic heterocycles. The third-order valence-electron chi connectivity index (χ3n) is 2.46. The summed E-state index contributed by atoms with van der Waals surface area (Å²) in [6.45, 7) is 0.784. The first kappa shape index (κ1) is 14.6. The smallest absolute Gasteiger partial charge is 0.139 e. The highest BCUT2D eigenvalue weighted by atomic mass is 79.9. The Morgan fingerprint density at radius 3 is 2.74 bits per heavy atom. The zero-order valence-electron chi connectivity index (χ0n) is 9.87. The van der Waals surface area contributed by atoms with E-state index in [4.69, 9.17) is 33.7 Å². The van der Waals surface area contributed by atoms with Crippen LogP contribution in [0.1, 0.15) is 11.3 Å². The van der Waals surface area contributed by atoms with Gasteiger partial charge in [0.1, 0.15) is 12.4 Å². The van der Waals surface area contributed by atoms with Crippen LogP contribution in [0.5, 0.6) is 5.75 Å². The summed E-state index contributed by atoms with van der Waals surface area (Å²) < 4.78 is 6.39. The van der Waals surface area contributed by atoms with E-state index in [-0.39, 0.29) is 0 Å². The summed E-state index contributed by atoms with van der Waals surface area (Å²) in [7, 11) is 0. The Kier molecular flexibility index (Phi) is 5.05. The molecule has 0 radical (unpaired) electrons. The highest BCUT2D eigenvalue weighted by Crippen LogP contribution is 2.34. The van der Waals surface area contributed by atoms with Crippen molar-refractivity contribution in [1.29, 1.82) is 0 Å². The molecule has 0 fully saturated rings. The fraction of sp³-hybridized carbons (Fsp3) is 0.154. The Hall–Kier alpha value is -0.810.